The molecule has 3 heterocycles. The first-order valence-electron chi connectivity index (χ1n) is 12.7. The molecule has 1 fully saturated rings. The fraction of sp³-hybridized carbons (Fsp3) is 0.538. The Labute approximate surface area is 209 Å². The van der Waals surface area contributed by atoms with Gasteiger partial charge in [-0.2, -0.15) is 5.10 Å². The predicted octanol–water partition coefficient (Wildman–Crippen LogP) is 3.44. The Morgan fingerprint density at radius 2 is 1.83 bits per heavy atom. The molecule has 1 aromatic carbocycles. The average molecular weight is 497 g/mol. The van der Waals surface area contributed by atoms with E-state index in [0.717, 1.165) is 25.7 Å². The van der Waals surface area contributed by atoms with E-state index in [2.05, 4.69) is 10.4 Å². The number of fused-ring (bicyclic) bond motifs is 2. The van der Waals surface area contributed by atoms with Crippen LogP contribution in [0.4, 0.5) is 5.69 Å². The van der Waals surface area contributed by atoms with Crippen LogP contribution in [0.1, 0.15) is 79.8 Å². The molecule has 1 aromatic heterocycles. The van der Waals surface area contributed by atoms with Crippen LogP contribution in [-0.4, -0.2) is 52.5 Å². The number of nitrogens with one attached hydrogen (secondary N) is 1. The van der Waals surface area contributed by atoms with Gasteiger partial charge >= 0.3 is 5.97 Å². The van der Waals surface area contributed by atoms with Crippen molar-refractivity contribution in [1.29, 1.82) is 0 Å². The van der Waals surface area contributed by atoms with Gasteiger partial charge in [-0.05, 0) is 38.8 Å². The Kier molecular flexibility index (Phi) is 6.59. The third-order valence-corrected chi connectivity index (χ3v) is 7.18. The Balaban J connectivity index is 1.52. The SMILES string of the molecule is CCOC(=O)c1cc2n(n1)C[C@](C)(C(=O)NC1CCCCCCC1)N(c1ccc3c(c1)OCO3)C2=O. The van der Waals surface area contributed by atoms with Crippen molar-refractivity contribution in [2.24, 2.45) is 0 Å². The van der Waals surface area contributed by atoms with E-state index in [1.807, 2.05) is 0 Å². The predicted molar refractivity (Wildman–Crippen MR) is 130 cm³/mol. The van der Waals surface area contributed by atoms with Crippen molar-refractivity contribution in [3.8, 4) is 11.5 Å². The molecular formula is C26H32N4O6. The van der Waals surface area contributed by atoms with Crippen LogP contribution in [0.2, 0.25) is 0 Å². The van der Waals surface area contributed by atoms with Crippen molar-refractivity contribution in [3.05, 3.63) is 35.7 Å². The first-order chi connectivity index (χ1) is 17.4. The highest BCUT2D eigenvalue weighted by Crippen LogP contribution is 2.40. The average Bonchev–Trinajstić information content (AvgIpc) is 3.47. The van der Waals surface area contributed by atoms with Gasteiger partial charge in [0.25, 0.3) is 5.91 Å². The van der Waals surface area contributed by atoms with Crippen LogP contribution in [0.3, 0.4) is 0 Å². The van der Waals surface area contributed by atoms with E-state index < -0.39 is 17.4 Å². The lowest BCUT2D eigenvalue weighted by atomic mass is 9.91. The van der Waals surface area contributed by atoms with E-state index in [1.54, 1.807) is 32.0 Å². The van der Waals surface area contributed by atoms with E-state index in [9.17, 15) is 14.4 Å². The van der Waals surface area contributed by atoms with Crippen LogP contribution in [0.25, 0.3) is 0 Å². The van der Waals surface area contributed by atoms with Gasteiger partial charge in [-0.15, -0.1) is 0 Å². The van der Waals surface area contributed by atoms with Gasteiger partial charge < -0.3 is 19.5 Å². The Bertz CT molecular complexity index is 1170. The van der Waals surface area contributed by atoms with E-state index in [1.165, 1.54) is 34.9 Å². The Morgan fingerprint density at radius 1 is 1.11 bits per heavy atom. The zero-order valence-corrected chi connectivity index (χ0v) is 20.7. The second kappa shape index (κ2) is 9.83. The minimum absolute atomic E-state index is 0.0375. The van der Waals surface area contributed by atoms with Crippen molar-refractivity contribution >= 4 is 23.5 Å². The second-order valence-electron chi connectivity index (χ2n) is 9.76. The highest BCUT2D eigenvalue weighted by atomic mass is 16.7. The molecular weight excluding hydrogens is 464 g/mol. The maximum atomic E-state index is 13.9. The smallest absolute Gasteiger partial charge is 0.358 e. The van der Waals surface area contributed by atoms with Gasteiger partial charge in [0.1, 0.15) is 11.2 Å². The number of nitrogens with zero attached hydrogens (tertiary/aromatic N) is 3. The van der Waals surface area contributed by atoms with Crippen LogP contribution in [-0.2, 0) is 16.1 Å². The Hall–Kier alpha value is -3.56. The zero-order chi connectivity index (χ0) is 25.3. The van der Waals surface area contributed by atoms with Gasteiger partial charge in [0.2, 0.25) is 12.7 Å². The van der Waals surface area contributed by atoms with E-state index in [0.29, 0.717) is 17.2 Å². The van der Waals surface area contributed by atoms with Gasteiger partial charge in [0, 0.05) is 23.9 Å². The first-order valence-corrected chi connectivity index (χ1v) is 12.7. The van der Waals surface area contributed by atoms with Gasteiger partial charge in [0.15, 0.2) is 17.2 Å². The molecule has 3 aliphatic rings. The highest BCUT2D eigenvalue weighted by molar-refractivity contribution is 6.12. The summed E-state index contributed by atoms with van der Waals surface area (Å²) in [5, 5.41) is 7.56. The van der Waals surface area contributed by atoms with Crippen LogP contribution >= 0.6 is 0 Å². The van der Waals surface area contributed by atoms with E-state index in [4.69, 9.17) is 14.2 Å². The number of carbonyl (C=O) groups is 3. The summed E-state index contributed by atoms with van der Waals surface area (Å²) < 4.78 is 17.5. The molecule has 0 bridgehead atoms. The number of ether oxygens (including phenoxy) is 3. The minimum atomic E-state index is -1.29. The molecule has 10 nitrogen and oxygen atoms in total. The molecule has 1 saturated carbocycles. The number of amides is 2. The molecule has 0 saturated heterocycles. The van der Waals surface area contributed by atoms with Gasteiger partial charge in [-0.1, -0.05) is 32.1 Å². The summed E-state index contributed by atoms with van der Waals surface area (Å²) in [5.41, 5.74) is -0.537. The van der Waals surface area contributed by atoms with E-state index >= 15 is 0 Å². The van der Waals surface area contributed by atoms with Crippen molar-refractivity contribution < 1.29 is 28.6 Å². The van der Waals surface area contributed by atoms with Gasteiger partial charge in [0.05, 0.1) is 13.2 Å². The summed E-state index contributed by atoms with van der Waals surface area (Å²) in [7, 11) is 0. The molecule has 1 N–H and O–H groups in total. The fourth-order valence-corrected chi connectivity index (χ4v) is 5.26. The number of aromatic nitrogens is 2. The van der Waals surface area contributed by atoms with Crippen LogP contribution < -0.4 is 19.7 Å². The Morgan fingerprint density at radius 3 is 2.58 bits per heavy atom. The molecule has 10 heteroatoms. The third kappa shape index (κ3) is 4.40. The molecule has 0 unspecified atom stereocenters. The highest BCUT2D eigenvalue weighted by Gasteiger charge is 2.49. The minimum Gasteiger partial charge on any atom is -0.461 e. The van der Waals surface area contributed by atoms with Gasteiger partial charge in [-0.25, -0.2) is 4.79 Å². The fourth-order valence-electron chi connectivity index (χ4n) is 5.26. The maximum absolute atomic E-state index is 13.9. The first kappa shape index (κ1) is 24.1. The molecule has 2 amide bonds. The van der Waals surface area contributed by atoms with Gasteiger partial charge in [-0.3, -0.25) is 19.2 Å². The quantitative estimate of drug-likeness (QED) is 0.631. The molecule has 2 aromatic rings. The zero-order valence-electron chi connectivity index (χ0n) is 20.7. The molecule has 192 valence electrons. The molecule has 0 spiro atoms. The van der Waals surface area contributed by atoms with Crippen LogP contribution in [0.15, 0.2) is 24.3 Å². The lowest BCUT2D eigenvalue weighted by molar-refractivity contribution is -0.127. The summed E-state index contributed by atoms with van der Waals surface area (Å²) in [6, 6.07) is 6.66. The number of hydrogen-bond acceptors (Lipinski definition) is 7. The van der Waals surface area contributed by atoms with Crippen molar-refractivity contribution in [2.75, 3.05) is 18.3 Å². The standard InChI is InChI=1S/C26H32N4O6/c1-3-34-24(32)19-14-20-23(31)30(18-11-12-21-22(13-18)36-16-35-21)26(2,15-29(20)28-19)25(33)27-17-9-7-5-4-6-8-10-17/h11-14,17H,3-10,15-16H2,1-2H3,(H,27,33)/t26-/m1/s1. The molecule has 5 rings (SSSR count). The summed E-state index contributed by atoms with van der Waals surface area (Å²) in [6.45, 7) is 3.82. The van der Waals surface area contributed by atoms with E-state index in [-0.39, 0.29) is 43.3 Å². The van der Waals surface area contributed by atoms with Crippen molar-refractivity contribution in [1.82, 2.24) is 15.1 Å². The number of rotatable bonds is 5. The molecule has 0 radical (unpaired) electrons. The summed E-state index contributed by atoms with van der Waals surface area (Å²) >= 11 is 0. The summed E-state index contributed by atoms with van der Waals surface area (Å²) in [5.74, 6) is -0.202. The molecule has 1 atom stereocenters. The molecule has 2 aliphatic heterocycles. The normalized spacial score (nSPS) is 21.9. The number of benzene rings is 1. The van der Waals surface area contributed by atoms with Crippen molar-refractivity contribution in [2.45, 2.75) is 76.9 Å². The molecule has 1 aliphatic carbocycles. The lowest BCUT2D eigenvalue weighted by Gasteiger charge is -2.43. The van der Waals surface area contributed by atoms with Crippen LogP contribution in [0.5, 0.6) is 11.5 Å². The maximum Gasteiger partial charge on any atom is 0.358 e. The van der Waals surface area contributed by atoms with Crippen molar-refractivity contribution in [3.63, 3.8) is 0 Å². The summed E-state index contributed by atoms with van der Waals surface area (Å²) in [6.07, 6.45) is 7.53. The largest absolute Gasteiger partial charge is 0.461 e. The molecule has 36 heavy (non-hydrogen) atoms. The topological polar surface area (TPSA) is 112 Å². The second-order valence-corrected chi connectivity index (χ2v) is 9.76. The third-order valence-electron chi connectivity index (χ3n) is 7.18. The number of carbonyl (C=O) groups excluding carboxylic acids is 3. The number of esters is 1. The van der Waals surface area contributed by atoms with Crippen LogP contribution in [0, 0.1) is 0 Å². The number of hydrogen-bond donors (Lipinski definition) is 1. The lowest BCUT2D eigenvalue weighted by Crippen LogP contribution is -2.65. The number of anilines is 1. The monoisotopic (exact) mass is 496 g/mol. The summed E-state index contributed by atoms with van der Waals surface area (Å²) in [4.78, 5) is 41.6.